The molecule has 1 aromatic carbocycles. The number of carbonyl (C=O) groups excluding carboxylic acids is 1. The van der Waals surface area contributed by atoms with Crippen LogP contribution in [-0.2, 0) is 16.1 Å². The van der Waals surface area contributed by atoms with E-state index in [-0.39, 0.29) is 17.2 Å². The van der Waals surface area contributed by atoms with E-state index < -0.39 is 5.60 Å². The Hall–Kier alpha value is -1.55. The van der Waals surface area contributed by atoms with Crippen LogP contribution >= 0.6 is 0 Å². The van der Waals surface area contributed by atoms with Gasteiger partial charge in [0.25, 0.3) is 0 Å². The standard InChI is InChI=1S/C21H29NO3/c1-19(2,3)25-18(23)22-21-11-16-9-17(21)12-20(10-16,14-21)24-13-15-7-5-4-6-8-15/h4-8,16-17H,9-14H2,1-3H3,(H,22,23). The molecule has 0 radical (unpaired) electrons. The fourth-order valence-electron chi connectivity index (χ4n) is 5.51. The second-order valence-electron chi connectivity index (χ2n) is 9.33. The number of rotatable bonds is 4. The average molecular weight is 343 g/mol. The topological polar surface area (TPSA) is 47.6 Å². The fourth-order valence-corrected chi connectivity index (χ4v) is 5.51. The van der Waals surface area contributed by atoms with Gasteiger partial charge in [-0.3, -0.25) is 0 Å². The maximum Gasteiger partial charge on any atom is 0.408 e. The molecule has 0 heterocycles. The van der Waals surface area contributed by atoms with E-state index in [0.29, 0.717) is 18.4 Å². The van der Waals surface area contributed by atoms with Gasteiger partial charge in [-0.25, -0.2) is 4.79 Å². The molecule has 0 aliphatic heterocycles. The van der Waals surface area contributed by atoms with Gasteiger partial charge in [0.05, 0.1) is 12.2 Å². The van der Waals surface area contributed by atoms with Crippen LogP contribution in [0.1, 0.15) is 58.4 Å². The molecule has 25 heavy (non-hydrogen) atoms. The van der Waals surface area contributed by atoms with Crippen molar-refractivity contribution in [1.29, 1.82) is 0 Å². The molecule has 0 spiro atoms. The number of amides is 1. The summed E-state index contributed by atoms with van der Waals surface area (Å²) in [5.41, 5.74) is 0.560. The Morgan fingerprint density at radius 3 is 2.68 bits per heavy atom. The number of carbonyl (C=O) groups is 1. The molecule has 4 nitrogen and oxygen atoms in total. The van der Waals surface area contributed by atoms with E-state index in [1.54, 1.807) is 0 Å². The van der Waals surface area contributed by atoms with Crippen LogP contribution in [0.2, 0.25) is 0 Å². The zero-order chi connectivity index (χ0) is 17.7. The summed E-state index contributed by atoms with van der Waals surface area (Å²) >= 11 is 0. The monoisotopic (exact) mass is 343 g/mol. The molecule has 4 saturated carbocycles. The first-order chi connectivity index (χ1) is 11.8. The van der Waals surface area contributed by atoms with Gasteiger partial charge in [0.2, 0.25) is 0 Å². The molecule has 1 amide bonds. The second kappa shape index (κ2) is 5.73. The Morgan fingerprint density at radius 2 is 1.96 bits per heavy atom. The molecule has 0 aromatic heterocycles. The number of benzene rings is 1. The Kier molecular flexibility index (Phi) is 3.87. The third kappa shape index (κ3) is 3.29. The minimum atomic E-state index is -0.460. The summed E-state index contributed by atoms with van der Waals surface area (Å²) in [4.78, 5) is 12.4. The number of alkyl carbamates (subject to hydrolysis) is 1. The lowest BCUT2D eigenvalue weighted by molar-refractivity contribution is -0.0917. The smallest absolute Gasteiger partial charge is 0.408 e. The van der Waals surface area contributed by atoms with Crippen molar-refractivity contribution >= 4 is 6.09 Å². The van der Waals surface area contributed by atoms with E-state index in [1.165, 1.54) is 12.0 Å². The van der Waals surface area contributed by atoms with Gasteiger partial charge in [-0.1, -0.05) is 30.3 Å². The van der Waals surface area contributed by atoms with Crippen molar-refractivity contribution in [3.8, 4) is 0 Å². The molecule has 4 heteroatoms. The van der Waals surface area contributed by atoms with Crippen molar-refractivity contribution in [1.82, 2.24) is 5.32 Å². The molecule has 4 fully saturated rings. The predicted molar refractivity (Wildman–Crippen MR) is 96.1 cm³/mol. The van der Waals surface area contributed by atoms with Crippen LogP contribution < -0.4 is 5.32 Å². The number of nitrogens with one attached hydrogen (secondary N) is 1. The Labute approximate surface area is 150 Å². The first-order valence-corrected chi connectivity index (χ1v) is 9.47. The lowest BCUT2D eigenvalue weighted by atomic mass is 9.77. The number of hydrogen-bond donors (Lipinski definition) is 1. The van der Waals surface area contributed by atoms with E-state index in [4.69, 9.17) is 9.47 Å². The van der Waals surface area contributed by atoms with E-state index in [9.17, 15) is 4.79 Å². The van der Waals surface area contributed by atoms with Crippen LogP contribution in [0, 0.1) is 11.8 Å². The first kappa shape index (κ1) is 16.9. The minimum Gasteiger partial charge on any atom is -0.444 e. The Balaban J connectivity index is 1.45. The lowest BCUT2D eigenvalue weighted by Gasteiger charge is -2.41. The van der Waals surface area contributed by atoms with Crippen LogP contribution in [0.5, 0.6) is 0 Å². The summed E-state index contributed by atoms with van der Waals surface area (Å²) in [5, 5.41) is 3.25. The summed E-state index contributed by atoms with van der Waals surface area (Å²) in [6, 6.07) is 10.4. The van der Waals surface area contributed by atoms with Gasteiger partial charge in [-0.15, -0.1) is 0 Å². The third-order valence-corrected chi connectivity index (χ3v) is 6.11. The molecule has 4 aliphatic rings. The third-order valence-electron chi connectivity index (χ3n) is 6.11. The Bertz CT molecular complexity index is 653. The summed E-state index contributed by atoms with van der Waals surface area (Å²) in [6.45, 7) is 6.38. The van der Waals surface area contributed by atoms with Crippen LogP contribution in [0.3, 0.4) is 0 Å². The minimum absolute atomic E-state index is 0.0727. The molecule has 5 rings (SSSR count). The Morgan fingerprint density at radius 1 is 1.20 bits per heavy atom. The van der Waals surface area contributed by atoms with E-state index in [0.717, 1.165) is 25.7 Å². The number of ether oxygens (including phenoxy) is 2. The van der Waals surface area contributed by atoms with Gasteiger partial charge in [-0.05, 0) is 70.3 Å². The zero-order valence-corrected chi connectivity index (χ0v) is 15.5. The first-order valence-electron chi connectivity index (χ1n) is 9.47. The zero-order valence-electron chi connectivity index (χ0n) is 15.5. The average Bonchev–Trinajstić information content (AvgIpc) is 2.86. The van der Waals surface area contributed by atoms with Crippen molar-refractivity contribution in [3.63, 3.8) is 0 Å². The van der Waals surface area contributed by atoms with E-state index in [1.807, 2.05) is 26.8 Å². The van der Waals surface area contributed by atoms with Crippen molar-refractivity contribution in [2.45, 2.75) is 76.2 Å². The highest BCUT2D eigenvalue weighted by Gasteiger charge is 2.65. The van der Waals surface area contributed by atoms with Gasteiger partial charge in [0, 0.05) is 5.54 Å². The van der Waals surface area contributed by atoms with E-state index in [2.05, 4.69) is 29.6 Å². The molecule has 4 bridgehead atoms. The lowest BCUT2D eigenvalue weighted by Crippen LogP contribution is -2.52. The normalized spacial score (nSPS) is 35.8. The quantitative estimate of drug-likeness (QED) is 0.880. The van der Waals surface area contributed by atoms with E-state index >= 15 is 0 Å². The van der Waals surface area contributed by atoms with Crippen LogP contribution in [-0.4, -0.2) is 22.8 Å². The fraction of sp³-hybridized carbons (Fsp3) is 0.667. The molecule has 136 valence electrons. The molecule has 4 aliphatic carbocycles. The summed E-state index contributed by atoms with van der Waals surface area (Å²) < 4.78 is 12.0. The maximum absolute atomic E-state index is 12.4. The number of hydrogen-bond acceptors (Lipinski definition) is 3. The summed E-state index contributed by atoms with van der Waals surface area (Å²) in [7, 11) is 0. The highest BCUT2D eigenvalue weighted by molar-refractivity contribution is 5.69. The highest BCUT2D eigenvalue weighted by atomic mass is 16.6. The SMILES string of the molecule is CC(C)(C)OC(=O)NC12CC3CC1CC(OCc1ccccc1)(C3)C2. The summed E-state index contributed by atoms with van der Waals surface area (Å²) in [6.07, 6.45) is 5.13. The van der Waals surface area contributed by atoms with Crippen LogP contribution in [0.15, 0.2) is 30.3 Å². The van der Waals surface area contributed by atoms with Gasteiger partial charge >= 0.3 is 6.09 Å². The molecule has 4 atom stereocenters. The molecule has 1 N–H and O–H groups in total. The maximum atomic E-state index is 12.4. The summed E-state index contributed by atoms with van der Waals surface area (Å²) in [5.74, 6) is 1.19. The van der Waals surface area contributed by atoms with Crippen LogP contribution in [0.25, 0.3) is 0 Å². The van der Waals surface area contributed by atoms with Crippen molar-refractivity contribution in [2.75, 3.05) is 0 Å². The van der Waals surface area contributed by atoms with Gasteiger partial charge in [0.1, 0.15) is 5.60 Å². The molecule has 1 aromatic rings. The van der Waals surface area contributed by atoms with Gasteiger partial charge in [0.15, 0.2) is 0 Å². The van der Waals surface area contributed by atoms with Crippen molar-refractivity contribution in [2.24, 2.45) is 11.8 Å². The van der Waals surface area contributed by atoms with Crippen molar-refractivity contribution < 1.29 is 14.3 Å². The van der Waals surface area contributed by atoms with Crippen LogP contribution in [0.4, 0.5) is 4.79 Å². The van der Waals surface area contributed by atoms with Gasteiger partial charge in [-0.2, -0.15) is 0 Å². The van der Waals surface area contributed by atoms with Crippen molar-refractivity contribution in [3.05, 3.63) is 35.9 Å². The predicted octanol–water partition coefficient (Wildman–Crippen LogP) is 4.43. The highest BCUT2D eigenvalue weighted by Crippen LogP contribution is 2.63. The largest absolute Gasteiger partial charge is 0.444 e. The van der Waals surface area contributed by atoms with Gasteiger partial charge < -0.3 is 14.8 Å². The molecule has 0 saturated heterocycles. The molecular weight excluding hydrogens is 314 g/mol. The molecular formula is C21H29NO3. The molecule has 4 unspecified atom stereocenters. The second-order valence-corrected chi connectivity index (χ2v) is 9.33.